The van der Waals surface area contributed by atoms with E-state index in [1.807, 2.05) is 13.8 Å². The highest BCUT2D eigenvalue weighted by Crippen LogP contribution is 2.34. The molecular formula is C9H11BrO3S. The van der Waals surface area contributed by atoms with Crippen LogP contribution in [0.3, 0.4) is 0 Å². The minimum Gasteiger partial charge on any atom is -0.489 e. The Hall–Kier alpha value is -0.550. The summed E-state index contributed by atoms with van der Waals surface area (Å²) in [4.78, 5) is 11.8. The summed E-state index contributed by atoms with van der Waals surface area (Å²) < 4.78 is 11.0. The maximum atomic E-state index is 11.3. The van der Waals surface area contributed by atoms with Crippen molar-refractivity contribution in [3.8, 4) is 5.75 Å². The van der Waals surface area contributed by atoms with Crippen molar-refractivity contribution >= 4 is 33.2 Å². The molecule has 0 aliphatic rings. The fraction of sp³-hybridized carbons (Fsp3) is 0.444. The highest BCUT2D eigenvalue weighted by molar-refractivity contribution is 9.11. The largest absolute Gasteiger partial charge is 0.489 e. The molecule has 1 aromatic heterocycles. The van der Waals surface area contributed by atoms with Crippen molar-refractivity contribution < 1.29 is 14.3 Å². The van der Waals surface area contributed by atoms with Crippen LogP contribution in [0.15, 0.2) is 9.85 Å². The van der Waals surface area contributed by atoms with E-state index in [-0.39, 0.29) is 12.1 Å². The summed E-state index contributed by atoms with van der Waals surface area (Å²) in [7, 11) is 1.36. The van der Waals surface area contributed by atoms with Gasteiger partial charge in [0.2, 0.25) is 0 Å². The average molecular weight is 279 g/mol. The second kappa shape index (κ2) is 4.79. The van der Waals surface area contributed by atoms with Crippen molar-refractivity contribution in [1.82, 2.24) is 0 Å². The number of carbonyl (C=O) groups is 1. The lowest BCUT2D eigenvalue weighted by Gasteiger charge is -2.08. The molecular weight excluding hydrogens is 268 g/mol. The monoisotopic (exact) mass is 278 g/mol. The molecule has 0 bridgehead atoms. The lowest BCUT2D eigenvalue weighted by molar-refractivity contribution is 0.0600. The van der Waals surface area contributed by atoms with Gasteiger partial charge in [0, 0.05) is 6.07 Å². The van der Waals surface area contributed by atoms with Gasteiger partial charge >= 0.3 is 5.97 Å². The minimum atomic E-state index is -0.364. The summed E-state index contributed by atoms with van der Waals surface area (Å²) in [5, 5.41) is 0. The van der Waals surface area contributed by atoms with Gasteiger partial charge in [-0.05, 0) is 29.8 Å². The number of methoxy groups -OCH3 is 1. The standard InChI is InChI=1S/C9H11BrO3S/c1-5(2)13-6-4-7(10)14-8(6)9(11)12-3/h4-5H,1-3H3. The molecule has 14 heavy (non-hydrogen) atoms. The number of thiophene rings is 1. The summed E-state index contributed by atoms with van der Waals surface area (Å²) in [6.45, 7) is 3.82. The molecule has 0 aliphatic heterocycles. The van der Waals surface area contributed by atoms with Gasteiger partial charge < -0.3 is 9.47 Å². The lowest BCUT2D eigenvalue weighted by Crippen LogP contribution is -2.08. The summed E-state index contributed by atoms with van der Waals surface area (Å²) >= 11 is 4.61. The van der Waals surface area contributed by atoms with Gasteiger partial charge in [0.25, 0.3) is 0 Å². The SMILES string of the molecule is COC(=O)c1sc(Br)cc1OC(C)C. The van der Waals surface area contributed by atoms with Gasteiger partial charge in [-0.3, -0.25) is 0 Å². The zero-order valence-electron chi connectivity index (χ0n) is 8.17. The third-order valence-corrected chi connectivity index (χ3v) is 3.00. The number of hydrogen-bond acceptors (Lipinski definition) is 4. The number of carbonyl (C=O) groups excluding carboxylic acids is 1. The molecule has 0 atom stereocenters. The van der Waals surface area contributed by atoms with Crippen LogP contribution in [-0.4, -0.2) is 19.2 Å². The number of rotatable bonds is 3. The topological polar surface area (TPSA) is 35.5 Å². The van der Waals surface area contributed by atoms with Crippen LogP contribution in [0.25, 0.3) is 0 Å². The van der Waals surface area contributed by atoms with Crippen LogP contribution in [0.5, 0.6) is 5.75 Å². The Kier molecular flexibility index (Phi) is 3.95. The molecule has 1 aromatic rings. The van der Waals surface area contributed by atoms with E-state index in [0.29, 0.717) is 10.6 Å². The van der Waals surface area contributed by atoms with E-state index >= 15 is 0 Å². The van der Waals surface area contributed by atoms with E-state index in [4.69, 9.17) is 4.74 Å². The molecule has 0 N–H and O–H groups in total. The Bertz CT molecular complexity index is 333. The van der Waals surface area contributed by atoms with E-state index in [1.54, 1.807) is 6.07 Å². The second-order valence-corrected chi connectivity index (χ2v) is 5.33. The maximum Gasteiger partial charge on any atom is 0.351 e. The molecule has 0 aromatic carbocycles. The van der Waals surface area contributed by atoms with E-state index in [1.165, 1.54) is 18.4 Å². The molecule has 1 heterocycles. The first-order valence-electron chi connectivity index (χ1n) is 4.09. The van der Waals surface area contributed by atoms with Crippen LogP contribution in [0, 0.1) is 0 Å². The van der Waals surface area contributed by atoms with Crippen LogP contribution in [-0.2, 0) is 4.74 Å². The molecule has 0 unspecified atom stereocenters. The highest BCUT2D eigenvalue weighted by atomic mass is 79.9. The molecule has 0 radical (unpaired) electrons. The molecule has 1 rings (SSSR count). The van der Waals surface area contributed by atoms with Crippen molar-refractivity contribution in [3.63, 3.8) is 0 Å². The van der Waals surface area contributed by atoms with Gasteiger partial charge in [-0.1, -0.05) is 0 Å². The quantitative estimate of drug-likeness (QED) is 0.798. The third kappa shape index (κ3) is 2.72. The number of hydrogen-bond donors (Lipinski definition) is 0. The van der Waals surface area contributed by atoms with E-state index < -0.39 is 0 Å². The Morgan fingerprint density at radius 1 is 1.57 bits per heavy atom. The first-order chi connectivity index (χ1) is 6.54. The minimum absolute atomic E-state index is 0.0416. The number of ether oxygens (including phenoxy) is 2. The zero-order chi connectivity index (χ0) is 10.7. The van der Waals surface area contributed by atoms with E-state index in [0.717, 1.165) is 3.79 Å². The van der Waals surface area contributed by atoms with Crippen molar-refractivity contribution in [1.29, 1.82) is 0 Å². The molecule has 3 nitrogen and oxygen atoms in total. The summed E-state index contributed by atoms with van der Waals surface area (Å²) in [6.07, 6.45) is 0.0416. The van der Waals surface area contributed by atoms with E-state index in [9.17, 15) is 4.79 Å². The van der Waals surface area contributed by atoms with Gasteiger partial charge in [0.05, 0.1) is 17.0 Å². The number of halogens is 1. The van der Waals surface area contributed by atoms with Crippen molar-refractivity contribution in [2.45, 2.75) is 20.0 Å². The summed E-state index contributed by atoms with van der Waals surface area (Å²) in [5.74, 6) is 0.208. The number of esters is 1. The molecule has 0 spiro atoms. The normalized spacial score (nSPS) is 10.4. The van der Waals surface area contributed by atoms with Gasteiger partial charge in [-0.15, -0.1) is 11.3 Å². The maximum absolute atomic E-state index is 11.3. The van der Waals surface area contributed by atoms with Crippen LogP contribution < -0.4 is 4.74 Å². The van der Waals surface area contributed by atoms with Crippen LogP contribution in [0.2, 0.25) is 0 Å². The van der Waals surface area contributed by atoms with Gasteiger partial charge in [-0.2, -0.15) is 0 Å². The summed E-state index contributed by atoms with van der Waals surface area (Å²) in [6, 6.07) is 1.77. The Balaban J connectivity index is 2.96. The smallest absolute Gasteiger partial charge is 0.351 e. The molecule has 0 saturated carbocycles. The Morgan fingerprint density at radius 2 is 2.21 bits per heavy atom. The fourth-order valence-electron chi connectivity index (χ4n) is 0.922. The Morgan fingerprint density at radius 3 is 2.71 bits per heavy atom. The molecule has 78 valence electrons. The zero-order valence-corrected chi connectivity index (χ0v) is 10.6. The van der Waals surface area contributed by atoms with Crippen LogP contribution in [0.4, 0.5) is 0 Å². The molecule has 0 aliphatic carbocycles. The second-order valence-electron chi connectivity index (χ2n) is 2.90. The van der Waals surface area contributed by atoms with Gasteiger partial charge in [0.15, 0.2) is 4.88 Å². The molecule has 0 saturated heterocycles. The van der Waals surface area contributed by atoms with Crippen molar-refractivity contribution in [3.05, 3.63) is 14.7 Å². The molecule has 5 heteroatoms. The average Bonchev–Trinajstić information content (AvgIpc) is 2.44. The predicted octanol–water partition coefficient (Wildman–Crippen LogP) is 3.08. The fourth-order valence-corrected chi connectivity index (χ4v) is 2.35. The Labute approximate surface area is 95.2 Å². The van der Waals surface area contributed by atoms with Gasteiger partial charge in [0.1, 0.15) is 5.75 Å². The van der Waals surface area contributed by atoms with Gasteiger partial charge in [-0.25, -0.2) is 4.79 Å². The first kappa shape index (κ1) is 11.5. The van der Waals surface area contributed by atoms with Crippen LogP contribution in [0.1, 0.15) is 23.5 Å². The predicted molar refractivity (Wildman–Crippen MR) is 59.1 cm³/mol. The van der Waals surface area contributed by atoms with E-state index in [2.05, 4.69) is 20.7 Å². The third-order valence-electron chi connectivity index (χ3n) is 1.40. The van der Waals surface area contributed by atoms with Crippen LogP contribution >= 0.6 is 27.3 Å². The lowest BCUT2D eigenvalue weighted by atomic mass is 10.4. The molecule has 0 fully saturated rings. The summed E-state index contributed by atoms with van der Waals surface area (Å²) in [5.41, 5.74) is 0. The molecule has 0 amide bonds. The first-order valence-corrected chi connectivity index (χ1v) is 5.70. The highest BCUT2D eigenvalue weighted by Gasteiger charge is 2.18. The van der Waals surface area contributed by atoms with Crippen molar-refractivity contribution in [2.75, 3.05) is 7.11 Å². The van der Waals surface area contributed by atoms with Crippen molar-refractivity contribution in [2.24, 2.45) is 0 Å².